The summed E-state index contributed by atoms with van der Waals surface area (Å²) >= 11 is 6.69. The van der Waals surface area contributed by atoms with E-state index in [0.29, 0.717) is 55.4 Å². The van der Waals surface area contributed by atoms with Gasteiger partial charge in [0.05, 0.1) is 28.4 Å². The van der Waals surface area contributed by atoms with Gasteiger partial charge in [-0.25, -0.2) is 4.39 Å². The topological polar surface area (TPSA) is 112 Å². The molecule has 2 aromatic heterocycles. The van der Waals surface area contributed by atoms with E-state index in [-0.39, 0.29) is 22.9 Å². The molecular weight excluding hydrogens is 637 g/mol. The fourth-order valence-corrected chi connectivity index (χ4v) is 5.97. The third-order valence-corrected chi connectivity index (χ3v) is 8.36. The molecule has 0 radical (unpaired) electrons. The Bertz CT molecular complexity index is 2060. The first kappa shape index (κ1) is 33.0. The first-order valence-corrected chi connectivity index (χ1v) is 16.1. The van der Waals surface area contributed by atoms with E-state index in [9.17, 15) is 19.1 Å². The molecular formula is C37H35ClFN3O6. The first-order valence-electron chi connectivity index (χ1n) is 15.7. The van der Waals surface area contributed by atoms with Crippen LogP contribution in [0, 0.1) is 5.82 Å². The van der Waals surface area contributed by atoms with Gasteiger partial charge in [0.1, 0.15) is 30.3 Å². The summed E-state index contributed by atoms with van der Waals surface area (Å²) in [5.41, 5.74) is 2.57. The number of carbonyl (C=O) groups excluding carboxylic acids is 1. The van der Waals surface area contributed by atoms with Gasteiger partial charge in [0.15, 0.2) is 11.5 Å². The number of aliphatic hydroxyl groups is 1. The van der Waals surface area contributed by atoms with Crippen molar-refractivity contribution in [2.75, 3.05) is 25.1 Å². The molecule has 0 aliphatic carbocycles. The Morgan fingerprint density at radius 3 is 2.52 bits per heavy atom. The maximum absolute atomic E-state index is 13.5. The van der Waals surface area contributed by atoms with Gasteiger partial charge in [-0.1, -0.05) is 17.7 Å². The molecule has 1 amide bonds. The number of carbonyl (C=O) groups is 1. The van der Waals surface area contributed by atoms with E-state index in [2.05, 4.69) is 10.3 Å². The Kier molecular flexibility index (Phi) is 9.39. The summed E-state index contributed by atoms with van der Waals surface area (Å²) in [6, 6.07) is 16.1. The molecule has 6 rings (SSSR count). The molecule has 0 unspecified atom stereocenters. The fourth-order valence-electron chi connectivity index (χ4n) is 5.72. The van der Waals surface area contributed by atoms with Crippen LogP contribution < -0.4 is 25.1 Å². The van der Waals surface area contributed by atoms with Crippen molar-refractivity contribution < 1.29 is 28.5 Å². The van der Waals surface area contributed by atoms with E-state index in [1.807, 2.05) is 18.2 Å². The minimum absolute atomic E-state index is 0.119. The molecule has 248 valence electrons. The summed E-state index contributed by atoms with van der Waals surface area (Å²) < 4.78 is 32.6. The molecule has 11 heteroatoms. The zero-order valence-electron chi connectivity index (χ0n) is 26.8. The lowest BCUT2D eigenvalue weighted by molar-refractivity contribution is 0.0709. The van der Waals surface area contributed by atoms with Crippen molar-refractivity contribution in [2.45, 2.75) is 45.6 Å². The largest absolute Gasteiger partial charge is 0.493 e. The predicted octanol–water partition coefficient (Wildman–Crippen LogP) is 6.89. The summed E-state index contributed by atoms with van der Waals surface area (Å²) in [4.78, 5) is 31.7. The molecule has 3 aromatic carbocycles. The van der Waals surface area contributed by atoms with Gasteiger partial charge in [-0.2, -0.15) is 0 Å². The minimum Gasteiger partial charge on any atom is -0.493 e. The quantitative estimate of drug-likeness (QED) is 0.166. The molecule has 48 heavy (non-hydrogen) atoms. The van der Waals surface area contributed by atoms with Crippen LogP contribution >= 0.6 is 11.6 Å². The normalized spacial score (nSPS) is 12.6. The smallest absolute Gasteiger partial charge is 0.271 e. The fraction of sp³-hybridized carbons (Fsp3) is 0.270. The molecule has 1 aliphatic heterocycles. The Hall–Kier alpha value is -4.93. The molecule has 0 saturated heterocycles. The van der Waals surface area contributed by atoms with Crippen molar-refractivity contribution in [1.29, 1.82) is 0 Å². The van der Waals surface area contributed by atoms with Gasteiger partial charge in [0.25, 0.3) is 11.5 Å². The minimum atomic E-state index is -0.826. The van der Waals surface area contributed by atoms with Crippen LogP contribution in [0.5, 0.6) is 17.2 Å². The molecule has 9 nitrogen and oxygen atoms in total. The average Bonchev–Trinajstić information content (AvgIpc) is 3.05. The summed E-state index contributed by atoms with van der Waals surface area (Å²) in [6.45, 7) is 6.39. The highest BCUT2D eigenvalue weighted by atomic mass is 35.5. The Labute approximate surface area is 281 Å². The number of fused-ring (bicyclic) bond motifs is 3. The number of benzene rings is 3. The Morgan fingerprint density at radius 2 is 1.81 bits per heavy atom. The Morgan fingerprint density at radius 1 is 1.06 bits per heavy atom. The third-order valence-electron chi connectivity index (χ3n) is 8.05. The van der Waals surface area contributed by atoms with Crippen LogP contribution in [0.2, 0.25) is 5.02 Å². The molecule has 0 bridgehead atoms. The SMILES string of the molecule is CCOc1ccn(-c2ccc(F)cc2)c(=O)c1C(=O)Nc1ccc(Cc2ccnc3cc(CCC(C)(C)O)c4c(c23)OCCO4)cc1Cl. The molecule has 0 fully saturated rings. The zero-order chi connectivity index (χ0) is 34.0. The Balaban J connectivity index is 1.28. The number of hydrogen-bond acceptors (Lipinski definition) is 7. The third kappa shape index (κ3) is 7.00. The monoisotopic (exact) mass is 671 g/mol. The van der Waals surface area contributed by atoms with Crippen LogP contribution in [0.3, 0.4) is 0 Å². The number of nitrogens with zero attached hydrogens (tertiary/aromatic N) is 2. The van der Waals surface area contributed by atoms with Gasteiger partial charge in [-0.15, -0.1) is 0 Å². The number of ether oxygens (including phenoxy) is 3. The van der Waals surface area contributed by atoms with E-state index in [1.54, 1.807) is 39.1 Å². The maximum atomic E-state index is 13.5. The summed E-state index contributed by atoms with van der Waals surface area (Å²) in [5, 5.41) is 14.2. The van der Waals surface area contributed by atoms with Gasteiger partial charge in [0, 0.05) is 29.0 Å². The number of aromatic nitrogens is 2. The summed E-state index contributed by atoms with van der Waals surface area (Å²) in [5.74, 6) is 0.295. The summed E-state index contributed by atoms with van der Waals surface area (Å²) in [7, 11) is 0. The number of pyridine rings is 2. The van der Waals surface area contributed by atoms with Crippen LogP contribution in [0.25, 0.3) is 16.6 Å². The van der Waals surface area contributed by atoms with E-state index < -0.39 is 22.9 Å². The van der Waals surface area contributed by atoms with Gasteiger partial charge in [-0.05, 0) is 106 Å². The number of amides is 1. The second kappa shape index (κ2) is 13.7. The predicted molar refractivity (Wildman–Crippen MR) is 183 cm³/mol. The van der Waals surface area contributed by atoms with Crippen LogP contribution in [-0.4, -0.2) is 46.0 Å². The molecule has 1 aliphatic rings. The zero-order valence-corrected chi connectivity index (χ0v) is 27.6. The number of aryl methyl sites for hydroxylation is 1. The van der Waals surface area contributed by atoms with Crippen LogP contribution in [0.4, 0.5) is 10.1 Å². The number of hydrogen-bond donors (Lipinski definition) is 2. The summed E-state index contributed by atoms with van der Waals surface area (Å²) in [6.07, 6.45) is 4.87. The van der Waals surface area contributed by atoms with E-state index in [0.717, 1.165) is 27.6 Å². The van der Waals surface area contributed by atoms with E-state index in [1.165, 1.54) is 41.1 Å². The molecule has 0 saturated carbocycles. The number of anilines is 1. The van der Waals surface area contributed by atoms with Crippen molar-refractivity contribution >= 4 is 34.1 Å². The molecule has 2 N–H and O–H groups in total. The highest BCUT2D eigenvalue weighted by Crippen LogP contribution is 2.43. The van der Waals surface area contributed by atoms with Crippen molar-refractivity contribution in [3.8, 4) is 22.9 Å². The lowest BCUT2D eigenvalue weighted by Gasteiger charge is -2.25. The number of halogens is 2. The number of nitrogens with one attached hydrogen (secondary N) is 1. The van der Waals surface area contributed by atoms with E-state index in [4.69, 9.17) is 25.8 Å². The van der Waals surface area contributed by atoms with Gasteiger partial charge >= 0.3 is 0 Å². The van der Waals surface area contributed by atoms with Crippen LogP contribution in [0.1, 0.15) is 54.2 Å². The van der Waals surface area contributed by atoms with Crippen molar-refractivity contribution in [3.63, 3.8) is 0 Å². The van der Waals surface area contributed by atoms with Crippen LogP contribution in [-0.2, 0) is 12.8 Å². The first-order chi connectivity index (χ1) is 23.0. The van der Waals surface area contributed by atoms with Gasteiger partial charge in [-0.3, -0.25) is 19.1 Å². The standard InChI is InChI=1S/C37H35ClFN3O6/c1-4-46-30-13-16-42(26-8-6-25(39)7-9-26)36(44)32(30)35(43)41-28-10-5-22(20-27(28)38)19-23-12-15-40-29-21-24(11-14-37(2,3)45)33-34(31(23)29)48-18-17-47-33/h5-10,12-13,15-16,20-21,45H,4,11,14,17-19H2,1-3H3,(H,41,43). The van der Waals surface area contributed by atoms with Crippen molar-refractivity contribution in [3.05, 3.63) is 117 Å². The molecule has 0 atom stereocenters. The van der Waals surface area contributed by atoms with Crippen molar-refractivity contribution in [1.82, 2.24) is 9.55 Å². The highest BCUT2D eigenvalue weighted by molar-refractivity contribution is 6.34. The molecule has 5 aromatic rings. The van der Waals surface area contributed by atoms with Crippen LogP contribution in [0.15, 0.2) is 77.9 Å². The lowest BCUT2D eigenvalue weighted by Crippen LogP contribution is -2.29. The van der Waals surface area contributed by atoms with E-state index >= 15 is 0 Å². The second-order valence-corrected chi connectivity index (χ2v) is 12.6. The maximum Gasteiger partial charge on any atom is 0.271 e. The van der Waals surface area contributed by atoms with Gasteiger partial charge in [0.2, 0.25) is 0 Å². The number of rotatable bonds is 10. The van der Waals surface area contributed by atoms with Gasteiger partial charge < -0.3 is 24.6 Å². The lowest BCUT2D eigenvalue weighted by atomic mass is 9.94. The second-order valence-electron chi connectivity index (χ2n) is 12.2. The molecule has 3 heterocycles. The molecule has 0 spiro atoms. The average molecular weight is 672 g/mol. The highest BCUT2D eigenvalue weighted by Gasteiger charge is 2.25. The van der Waals surface area contributed by atoms with Crippen molar-refractivity contribution in [2.24, 2.45) is 0 Å².